The summed E-state index contributed by atoms with van der Waals surface area (Å²) in [6.45, 7) is 1.97. The molecule has 0 aromatic heterocycles. The molecule has 0 spiro atoms. The van der Waals surface area contributed by atoms with Crippen LogP contribution in [0.3, 0.4) is 0 Å². The summed E-state index contributed by atoms with van der Waals surface area (Å²) >= 11 is 0. The second-order valence-corrected chi connectivity index (χ2v) is 5.88. The molecular formula is C5H15NOS. The van der Waals surface area contributed by atoms with Gasteiger partial charge in [-0.1, -0.05) is 0 Å². The summed E-state index contributed by atoms with van der Waals surface area (Å²) in [5, 5.41) is 0.174. The van der Waals surface area contributed by atoms with Crippen LogP contribution in [0.25, 0.3) is 0 Å². The highest BCUT2D eigenvalue weighted by Gasteiger charge is 2.14. The molecule has 1 atom stereocenters. The summed E-state index contributed by atoms with van der Waals surface area (Å²) < 4.78 is 5.16. The Balaban J connectivity index is 3.71. The molecule has 0 radical (unpaired) electrons. The fraction of sp³-hybridized carbons (Fsp3) is 1.00. The highest BCUT2D eigenvalue weighted by Crippen LogP contribution is 2.42. The molecule has 0 saturated carbocycles. The maximum Gasteiger partial charge on any atom is 0.0529 e. The minimum atomic E-state index is -0.958. The minimum Gasteiger partial charge on any atom is -0.339 e. The van der Waals surface area contributed by atoms with E-state index in [9.17, 15) is 0 Å². The molecule has 2 nitrogen and oxygen atoms in total. The average molecular weight is 137 g/mol. The predicted molar refractivity (Wildman–Crippen MR) is 40.1 cm³/mol. The Hall–Kier alpha value is 0.270. The van der Waals surface area contributed by atoms with Gasteiger partial charge in [0.1, 0.15) is 0 Å². The quantitative estimate of drug-likeness (QED) is 0.614. The third-order valence-corrected chi connectivity index (χ3v) is 3.97. The molecule has 52 valence electrons. The lowest BCUT2D eigenvalue weighted by atomic mass is 10.8. The molecule has 0 bridgehead atoms. The summed E-state index contributed by atoms with van der Waals surface area (Å²) in [6.07, 6.45) is 4.11. The van der Waals surface area contributed by atoms with Crippen LogP contribution < -0.4 is 5.73 Å². The summed E-state index contributed by atoms with van der Waals surface area (Å²) in [5.74, 6) is 0. The molecule has 1 unspecified atom stereocenters. The number of nitrogens with two attached hydrogens (primary N) is 1. The Morgan fingerprint density at radius 1 is 1.50 bits per heavy atom. The van der Waals surface area contributed by atoms with Crippen LogP contribution in [0, 0.1) is 0 Å². The van der Waals surface area contributed by atoms with E-state index in [0.29, 0.717) is 0 Å². The van der Waals surface area contributed by atoms with E-state index in [2.05, 4.69) is 12.5 Å². The van der Waals surface area contributed by atoms with Gasteiger partial charge in [-0.25, -0.2) is 0 Å². The van der Waals surface area contributed by atoms with Gasteiger partial charge in [0.2, 0.25) is 0 Å². The number of hydrogen-bond donors (Lipinski definition) is 1. The molecule has 0 amide bonds. The molecule has 0 aliphatic carbocycles. The maximum atomic E-state index is 5.59. The molecule has 0 heterocycles. The molecule has 8 heavy (non-hydrogen) atoms. The molecular weight excluding hydrogens is 122 g/mol. The number of rotatable bonds is 2. The molecule has 0 aromatic carbocycles. The van der Waals surface area contributed by atoms with Crippen molar-refractivity contribution in [3.05, 3.63) is 0 Å². The fourth-order valence-electron chi connectivity index (χ4n) is 0.152. The second kappa shape index (κ2) is 2.71. The molecule has 0 fully saturated rings. The highest BCUT2D eigenvalue weighted by molar-refractivity contribution is 8.29. The van der Waals surface area contributed by atoms with Crippen LogP contribution in [0.15, 0.2) is 0 Å². The minimum absolute atomic E-state index is 0.174. The fourth-order valence-corrected chi connectivity index (χ4v) is 0.455. The second-order valence-electron chi connectivity index (χ2n) is 2.18. The van der Waals surface area contributed by atoms with E-state index >= 15 is 0 Å². The Morgan fingerprint density at radius 2 is 1.88 bits per heavy atom. The molecule has 0 rings (SSSR count). The van der Waals surface area contributed by atoms with E-state index in [-0.39, 0.29) is 5.37 Å². The van der Waals surface area contributed by atoms with Crippen molar-refractivity contribution in [1.29, 1.82) is 0 Å². The first-order chi connectivity index (χ1) is 3.50. The van der Waals surface area contributed by atoms with E-state index in [1.165, 1.54) is 0 Å². The van der Waals surface area contributed by atoms with Crippen LogP contribution >= 0.6 is 10.3 Å². The monoisotopic (exact) mass is 137 g/mol. The lowest BCUT2D eigenvalue weighted by Gasteiger charge is -2.32. The van der Waals surface area contributed by atoms with Crippen LogP contribution in [-0.2, 0) is 4.18 Å². The van der Waals surface area contributed by atoms with E-state index < -0.39 is 10.3 Å². The average Bonchev–Trinajstić information content (AvgIpc) is 1.67. The van der Waals surface area contributed by atoms with Gasteiger partial charge in [0, 0.05) is 7.11 Å². The van der Waals surface area contributed by atoms with Crippen LogP contribution in [0.2, 0.25) is 0 Å². The van der Waals surface area contributed by atoms with Crippen molar-refractivity contribution in [3.8, 4) is 0 Å². The summed E-state index contributed by atoms with van der Waals surface area (Å²) in [7, 11) is 0.749. The van der Waals surface area contributed by atoms with Gasteiger partial charge in [0.25, 0.3) is 0 Å². The van der Waals surface area contributed by atoms with Crippen molar-refractivity contribution in [2.24, 2.45) is 5.73 Å². The summed E-state index contributed by atoms with van der Waals surface area (Å²) in [6, 6.07) is 0. The lowest BCUT2D eigenvalue weighted by molar-refractivity contribution is 0.464. The van der Waals surface area contributed by atoms with Gasteiger partial charge in [-0.2, -0.15) is 0 Å². The van der Waals surface area contributed by atoms with E-state index in [0.717, 1.165) is 0 Å². The van der Waals surface area contributed by atoms with Gasteiger partial charge in [-0.3, -0.25) is 0 Å². The third-order valence-electron chi connectivity index (χ3n) is 1.32. The molecule has 0 saturated heterocycles. The van der Waals surface area contributed by atoms with Crippen LogP contribution in [0.5, 0.6) is 0 Å². The topological polar surface area (TPSA) is 35.2 Å². The van der Waals surface area contributed by atoms with Crippen LogP contribution in [0.4, 0.5) is 0 Å². The first-order valence-corrected chi connectivity index (χ1v) is 4.98. The lowest BCUT2D eigenvalue weighted by Crippen LogP contribution is -2.23. The predicted octanol–water partition coefficient (Wildman–Crippen LogP) is 0.917. The van der Waals surface area contributed by atoms with Gasteiger partial charge in [0.05, 0.1) is 5.37 Å². The molecule has 0 aromatic rings. The zero-order valence-corrected chi connectivity index (χ0v) is 6.79. The normalized spacial score (nSPS) is 18.1. The van der Waals surface area contributed by atoms with E-state index in [1.807, 2.05) is 6.92 Å². The standard InChI is InChI=1S/C5H15NOS/c1-5(6)8(3,4)7-2/h5H,6H2,1-4H3. The van der Waals surface area contributed by atoms with Crippen LogP contribution in [0.1, 0.15) is 6.92 Å². The van der Waals surface area contributed by atoms with Crippen molar-refractivity contribution < 1.29 is 4.18 Å². The summed E-state index contributed by atoms with van der Waals surface area (Å²) in [4.78, 5) is 0. The first-order valence-electron chi connectivity index (χ1n) is 2.54. The van der Waals surface area contributed by atoms with Gasteiger partial charge >= 0.3 is 0 Å². The molecule has 0 aliphatic heterocycles. The third kappa shape index (κ3) is 2.03. The van der Waals surface area contributed by atoms with Gasteiger partial charge in [-0.05, 0) is 19.4 Å². The first kappa shape index (κ1) is 8.27. The summed E-state index contributed by atoms with van der Waals surface area (Å²) in [5.41, 5.74) is 5.59. The Morgan fingerprint density at radius 3 is 1.88 bits per heavy atom. The highest BCUT2D eigenvalue weighted by atomic mass is 32.3. The molecule has 0 aliphatic rings. The van der Waals surface area contributed by atoms with Crippen molar-refractivity contribution in [2.75, 3.05) is 19.6 Å². The van der Waals surface area contributed by atoms with Gasteiger partial charge in [-0.15, -0.1) is 10.3 Å². The smallest absolute Gasteiger partial charge is 0.0529 e. The van der Waals surface area contributed by atoms with Crippen molar-refractivity contribution >= 4 is 10.3 Å². The van der Waals surface area contributed by atoms with Crippen molar-refractivity contribution in [2.45, 2.75) is 12.3 Å². The van der Waals surface area contributed by atoms with Gasteiger partial charge < -0.3 is 9.92 Å². The van der Waals surface area contributed by atoms with Gasteiger partial charge in [0.15, 0.2) is 0 Å². The maximum absolute atomic E-state index is 5.59. The Kier molecular flexibility index (Phi) is 2.80. The SMILES string of the molecule is COS(C)(C)C(C)N. The van der Waals surface area contributed by atoms with E-state index in [1.54, 1.807) is 7.11 Å². The number of hydrogen-bond acceptors (Lipinski definition) is 2. The zero-order chi connectivity index (χ0) is 6.78. The molecule has 2 N–H and O–H groups in total. The largest absolute Gasteiger partial charge is 0.339 e. The van der Waals surface area contributed by atoms with E-state index in [4.69, 9.17) is 9.92 Å². The van der Waals surface area contributed by atoms with Crippen molar-refractivity contribution in [1.82, 2.24) is 0 Å². The zero-order valence-electron chi connectivity index (χ0n) is 5.97. The van der Waals surface area contributed by atoms with Crippen LogP contribution in [-0.4, -0.2) is 25.0 Å². The Labute approximate surface area is 52.9 Å². The molecule has 3 heteroatoms. The van der Waals surface area contributed by atoms with Crippen molar-refractivity contribution in [3.63, 3.8) is 0 Å². The Bertz CT molecular complexity index is 72.8.